The van der Waals surface area contributed by atoms with Crippen molar-refractivity contribution >= 4 is 5.96 Å². The number of aliphatic imine (C=N–C) groups is 1. The Labute approximate surface area is 131 Å². The lowest BCUT2D eigenvalue weighted by Crippen LogP contribution is -2.49. The van der Waals surface area contributed by atoms with Crippen LogP contribution in [0.15, 0.2) is 65.8 Å². The van der Waals surface area contributed by atoms with Crippen molar-refractivity contribution in [3.8, 4) is 0 Å². The number of allylic oxidation sites excluding steroid dienone is 5. The number of hydrazine groups is 1. The third-order valence-electron chi connectivity index (χ3n) is 3.70. The molecule has 0 aliphatic carbocycles. The van der Waals surface area contributed by atoms with Gasteiger partial charge in [0.05, 0.1) is 6.04 Å². The second-order valence-corrected chi connectivity index (χ2v) is 5.38. The third-order valence-corrected chi connectivity index (χ3v) is 3.70. The third kappa shape index (κ3) is 3.54. The van der Waals surface area contributed by atoms with Crippen molar-refractivity contribution in [2.45, 2.75) is 19.4 Å². The first-order valence-corrected chi connectivity index (χ1v) is 7.34. The van der Waals surface area contributed by atoms with Gasteiger partial charge < -0.3 is 4.90 Å². The smallest absolute Gasteiger partial charge is 0.220 e. The van der Waals surface area contributed by atoms with Gasteiger partial charge in [0.2, 0.25) is 5.96 Å². The molecule has 4 nitrogen and oxygen atoms in total. The maximum absolute atomic E-state index is 13.3. The molecule has 22 heavy (non-hydrogen) atoms. The van der Waals surface area contributed by atoms with Crippen LogP contribution in [0, 0.1) is 0 Å². The van der Waals surface area contributed by atoms with Crippen molar-refractivity contribution in [1.29, 1.82) is 0 Å². The van der Waals surface area contributed by atoms with Gasteiger partial charge in [-0.2, -0.15) is 0 Å². The fourth-order valence-electron chi connectivity index (χ4n) is 2.58. The Morgan fingerprint density at radius 3 is 2.95 bits per heavy atom. The van der Waals surface area contributed by atoms with E-state index in [0.29, 0.717) is 0 Å². The van der Waals surface area contributed by atoms with Crippen molar-refractivity contribution in [1.82, 2.24) is 14.9 Å². The van der Waals surface area contributed by atoms with Crippen LogP contribution in [0.25, 0.3) is 0 Å². The SMILES string of the molecule is C=C/C=C(F)\C=C/CC1C=C(C)N(C2=NC=CCN2C)N1C. The normalized spacial score (nSPS) is 23.3. The standard InChI is InChI=1S/C17H23FN4/c1-5-8-15(18)9-6-10-16-13-14(2)22(21(16)4)17-19-11-7-12-20(17)3/h5-9,11,13,16H,1,10,12H2,2-4H3/b9-6-,15-8+. The van der Waals surface area contributed by atoms with Gasteiger partial charge in [0.25, 0.3) is 0 Å². The predicted octanol–water partition coefficient (Wildman–Crippen LogP) is 3.22. The minimum atomic E-state index is -0.283. The van der Waals surface area contributed by atoms with Crippen LogP contribution in [0.5, 0.6) is 0 Å². The summed E-state index contributed by atoms with van der Waals surface area (Å²) in [5.41, 5.74) is 1.13. The highest BCUT2D eigenvalue weighted by molar-refractivity contribution is 5.83. The summed E-state index contributed by atoms with van der Waals surface area (Å²) in [7, 11) is 4.04. The Balaban J connectivity index is 2.06. The molecular weight excluding hydrogens is 279 g/mol. The van der Waals surface area contributed by atoms with Crippen LogP contribution < -0.4 is 0 Å². The molecule has 1 atom stereocenters. The zero-order valence-electron chi connectivity index (χ0n) is 13.4. The zero-order chi connectivity index (χ0) is 16.1. The first-order chi connectivity index (χ1) is 10.5. The van der Waals surface area contributed by atoms with E-state index in [4.69, 9.17) is 0 Å². The number of rotatable bonds is 4. The van der Waals surface area contributed by atoms with E-state index in [2.05, 4.69) is 39.5 Å². The molecule has 0 radical (unpaired) electrons. The van der Waals surface area contributed by atoms with Gasteiger partial charge in [0.1, 0.15) is 5.83 Å². The Bertz CT molecular complexity index is 571. The average Bonchev–Trinajstić information content (AvgIpc) is 2.75. The maximum Gasteiger partial charge on any atom is 0.220 e. The Kier molecular flexibility index (Phi) is 5.33. The van der Waals surface area contributed by atoms with Gasteiger partial charge in [0.15, 0.2) is 0 Å². The van der Waals surface area contributed by atoms with Gasteiger partial charge in [-0.3, -0.25) is 0 Å². The number of halogens is 1. The highest BCUT2D eigenvalue weighted by Gasteiger charge is 2.31. The molecule has 2 heterocycles. The Morgan fingerprint density at radius 1 is 1.50 bits per heavy atom. The zero-order valence-corrected chi connectivity index (χ0v) is 13.4. The van der Waals surface area contributed by atoms with Gasteiger partial charge in [-0.1, -0.05) is 18.7 Å². The summed E-state index contributed by atoms with van der Waals surface area (Å²) in [5, 5.41) is 4.22. The molecule has 0 spiro atoms. The van der Waals surface area contributed by atoms with E-state index in [1.807, 2.05) is 32.4 Å². The van der Waals surface area contributed by atoms with Crippen LogP contribution in [0.2, 0.25) is 0 Å². The molecule has 2 aliphatic heterocycles. The highest BCUT2D eigenvalue weighted by Crippen LogP contribution is 2.25. The quantitative estimate of drug-likeness (QED) is 0.744. The number of guanidine groups is 1. The van der Waals surface area contributed by atoms with E-state index in [1.165, 1.54) is 18.2 Å². The van der Waals surface area contributed by atoms with Gasteiger partial charge >= 0.3 is 0 Å². The summed E-state index contributed by atoms with van der Waals surface area (Å²) in [6, 6.07) is 0.190. The van der Waals surface area contributed by atoms with Crippen molar-refractivity contribution < 1.29 is 4.39 Å². The van der Waals surface area contributed by atoms with Crippen LogP contribution in [-0.4, -0.2) is 47.6 Å². The Hall–Kier alpha value is -2.14. The molecule has 0 aromatic rings. The second kappa shape index (κ2) is 7.22. The first-order valence-electron chi connectivity index (χ1n) is 7.34. The molecule has 0 fully saturated rings. The molecular formula is C17H23FN4. The second-order valence-electron chi connectivity index (χ2n) is 5.38. The summed E-state index contributed by atoms with van der Waals surface area (Å²) < 4.78 is 13.3. The average molecular weight is 302 g/mol. The van der Waals surface area contributed by atoms with Crippen LogP contribution in [0.1, 0.15) is 13.3 Å². The van der Waals surface area contributed by atoms with E-state index >= 15 is 0 Å². The Morgan fingerprint density at radius 2 is 2.27 bits per heavy atom. The van der Waals surface area contributed by atoms with Crippen LogP contribution >= 0.6 is 0 Å². The van der Waals surface area contributed by atoms with Crippen molar-refractivity contribution in [3.63, 3.8) is 0 Å². The van der Waals surface area contributed by atoms with Gasteiger partial charge in [-0.15, -0.1) is 0 Å². The van der Waals surface area contributed by atoms with Crippen molar-refractivity contribution in [2.75, 3.05) is 20.6 Å². The van der Waals surface area contributed by atoms with Gasteiger partial charge in [0, 0.05) is 32.5 Å². The molecule has 2 aliphatic rings. The molecule has 0 saturated heterocycles. The molecule has 0 N–H and O–H groups in total. The monoisotopic (exact) mass is 302 g/mol. The summed E-state index contributed by atoms with van der Waals surface area (Å²) in [5.74, 6) is 0.623. The fraction of sp³-hybridized carbons (Fsp3) is 0.353. The van der Waals surface area contributed by atoms with E-state index < -0.39 is 0 Å². The summed E-state index contributed by atoms with van der Waals surface area (Å²) >= 11 is 0. The fourth-order valence-corrected chi connectivity index (χ4v) is 2.58. The van der Waals surface area contributed by atoms with Crippen molar-refractivity contribution in [2.24, 2.45) is 4.99 Å². The largest absolute Gasteiger partial charge is 0.340 e. The molecule has 1 unspecified atom stereocenters. The van der Waals surface area contributed by atoms with E-state index in [-0.39, 0.29) is 11.9 Å². The van der Waals surface area contributed by atoms with Crippen LogP contribution in [0.3, 0.4) is 0 Å². The summed E-state index contributed by atoms with van der Waals surface area (Å²) in [4.78, 5) is 6.56. The summed E-state index contributed by atoms with van der Waals surface area (Å²) in [6.07, 6.45) is 12.9. The highest BCUT2D eigenvalue weighted by atomic mass is 19.1. The molecule has 118 valence electrons. The lowest BCUT2D eigenvalue weighted by molar-refractivity contribution is 0.0951. The minimum absolute atomic E-state index is 0.190. The topological polar surface area (TPSA) is 22.1 Å². The predicted molar refractivity (Wildman–Crippen MR) is 89.5 cm³/mol. The minimum Gasteiger partial charge on any atom is -0.340 e. The van der Waals surface area contributed by atoms with E-state index in [0.717, 1.165) is 24.6 Å². The molecule has 0 aromatic carbocycles. The molecule has 0 saturated carbocycles. The molecule has 2 rings (SSSR count). The first kappa shape index (κ1) is 16.2. The molecule has 0 amide bonds. The number of hydrogen-bond acceptors (Lipinski definition) is 4. The van der Waals surface area contributed by atoms with Crippen LogP contribution in [-0.2, 0) is 0 Å². The molecule has 5 heteroatoms. The van der Waals surface area contributed by atoms with Gasteiger partial charge in [-0.25, -0.2) is 19.4 Å². The van der Waals surface area contributed by atoms with E-state index in [9.17, 15) is 4.39 Å². The lowest BCUT2D eigenvalue weighted by atomic mass is 10.2. The summed E-state index contributed by atoms with van der Waals surface area (Å²) in [6.45, 7) is 6.39. The lowest BCUT2D eigenvalue weighted by Gasteiger charge is -2.36. The van der Waals surface area contributed by atoms with E-state index in [1.54, 1.807) is 0 Å². The number of hydrogen-bond donors (Lipinski definition) is 0. The molecule has 0 bridgehead atoms. The number of likely N-dealkylation sites (N-methyl/N-ethyl adjacent to an activating group) is 2. The van der Waals surface area contributed by atoms with Gasteiger partial charge in [-0.05, 0) is 37.6 Å². The number of nitrogens with zero attached hydrogens (tertiary/aromatic N) is 4. The molecule has 0 aromatic heterocycles. The van der Waals surface area contributed by atoms with Crippen LogP contribution in [0.4, 0.5) is 4.39 Å². The van der Waals surface area contributed by atoms with Crippen molar-refractivity contribution in [3.05, 3.63) is 60.8 Å². The maximum atomic E-state index is 13.3.